The van der Waals surface area contributed by atoms with E-state index in [0.717, 1.165) is 127 Å². The molecule has 0 amide bonds. The molecule has 0 aliphatic heterocycles. The second-order valence-electron chi connectivity index (χ2n) is 21.8. The second kappa shape index (κ2) is 49.8. The van der Waals surface area contributed by atoms with Crippen molar-refractivity contribution in [2.24, 2.45) is 17.8 Å². The first-order chi connectivity index (χ1) is 36.8. The Kier molecular flexibility index (Phi) is 48.6. The molecule has 0 heterocycles. The van der Waals surface area contributed by atoms with Gasteiger partial charge in [-0.25, -0.2) is 9.13 Å². The van der Waals surface area contributed by atoms with E-state index in [1.165, 1.54) is 64.2 Å². The van der Waals surface area contributed by atoms with Gasteiger partial charge in [0.1, 0.15) is 19.3 Å². The second-order valence-corrected chi connectivity index (χ2v) is 24.7. The molecule has 3 N–H and O–H groups in total. The number of carbonyl (C=O) groups excluding carboxylic acids is 4. The normalized spacial score (nSPS) is 15.6. The van der Waals surface area contributed by atoms with Crippen molar-refractivity contribution in [3.05, 3.63) is 0 Å². The van der Waals surface area contributed by atoms with Crippen molar-refractivity contribution in [1.82, 2.24) is 0 Å². The topological polar surface area (TPSA) is 237 Å². The van der Waals surface area contributed by atoms with Crippen molar-refractivity contribution < 1.29 is 80.2 Å². The SMILES string of the molecule is CCCCCCCCCC(=O)OC[C@H](COP(=O)(O)OC[C@H](O)COP(=O)(O)OC[C@@H](COC(=O)CCCCCCCCC(C)CC)OC(=O)CCCCCCCCC(C)CC)OC(=O)CCCCCCCCC(C)CC. The van der Waals surface area contributed by atoms with E-state index in [0.29, 0.717) is 25.7 Å². The van der Waals surface area contributed by atoms with Crippen molar-refractivity contribution in [3.63, 3.8) is 0 Å². The molecule has 0 spiro atoms. The number of aliphatic hydroxyl groups is 1. The lowest BCUT2D eigenvalue weighted by molar-refractivity contribution is -0.161. The van der Waals surface area contributed by atoms with Crippen LogP contribution in [0.25, 0.3) is 0 Å². The van der Waals surface area contributed by atoms with Crippen LogP contribution in [0.15, 0.2) is 0 Å². The lowest BCUT2D eigenvalue weighted by Gasteiger charge is -2.21. The van der Waals surface area contributed by atoms with E-state index in [4.69, 9.17) is 37.0 Å². The molecule has 0 aromatic carbocycles. The maximum Gasteiger partial charge on any atom is 0.472 e. The van der Waals surface area contributed by atoms with Crippen LogP contribution in [0.5, 0.6) is 0 Å². The number of hydrogen-bond donors (Lipinski definition) is 3. The minimum atomic E-state index is -4.94. The monoisotopic (exact) mass is 1140 g/mol. The highest BCUT2D eigenvalue weighted by Crippen LogP contribution is 2.45. The maximum atomic E-state index is 12.9. The summed E-state index contributed by atoms with van der Waals surface area (Å²) in [5, 5.41) is 10.5. The Morgan fingerprint density at radius 3 is 0.922 bits per heavy atom. The van der Waals surface area contributed by atoms with Gasteiger partial charge in [-0.15, -0.1) is 0 Å². The third kappa shape index (κ3) is 49.6. The smallest absolute Gasteiger partial charge is 0.462 e. The molecule has 19 heteroatoms. The number of ether oxygens (including phenoxy) is 4. The van der Waals surface area contributed by atoms with Crippen LogP contribution >= 0.6 is 15.6 Å². The molecule has 0 radical (unpaired) electrons. The lowest BCUT2D eigenvalue weighted by Crippen LogP contribution is -2.30. The highest BCUT2D eigenvalue weighted by molar-refractivity contribution is 7.47. The zero-order valence-corrected chi connectivity index (χ0v) is 51.2. The van der Waals surface area contributed by atoms with Crippen LogP contribution in [0.4, 0.5) is 0 Å². The Labute approximate surface area is 467 Å². The van der Waals surface area contributed by atoms with Crippen LogP contribution in [-0.2, 0) is 65.4 Å². The number of aliphatic hydroxyl groups excluding tert-OH is 1. The van der Waals surface area contributed by atoms with Crippen LogP contribution in [0.3, 0.4) is 0 Å². The van der Waals surface area contributed by atoms with Crippen LogP contribution in [0.2, 0.25) is 0 Å². The fourth-order valence-corrected chi connectivity index (χ4v) is 9.90. The standard InChI is InChI=1S/C58H112O17P2/c1-8-12-13-14-15-25-32-39-55(60)68-45-53(74-57(62)41-34-27-20-17-23-30-37-50(6)10-3)47-72-76(64,65)70-43-52(59)44-71-77(66,67)73-48-54(75-58(63)42-35-28-21-18-24-31-38-51(7)11-4)46-69-56(61)40-33-26-19-16-22-29-36-49(5)9-2/h49-54,59H,8-48H2,1-7H3,(H,64,65)(H,66,67)/t49?,50?,51?,52-,53+,54+/m0/s1. The van der Waals surface area contributed by atoms with Crippen LogP contribution in [0.1, 0.15) is 273 Å². The molecule has 0 fully saturated rings. The van der Waals surface area contributed by atoms with Gasteiger partial charge in [-0.1, -0.05) is 222 Å². The van der Waals surface area contributed by atoms with Gasteiger partial charge >= 0.3 is 39.5 Å². The van der Waals surface area contributed by atoms with E-state index in [-0.39, 0.29) is 25.7 Å². The Morgan fingerprint density at radius 2 is 0.623 bits per heavy atom. The Morgan fingerprint density at radius 1 is 0.364 bits per heavy atom. The van der Waals surface area contributed by atoms with Gasteiger partial charge in [-0.3, -0.25) is 37.3 Å². The van der Waals surface area contributed by atoms with Crippen molar-refractivity contribution >= 4 is 39.5 Å². The molecule has 0 aromatic heterocycles. The summed E-state index contributed by atoms with van der Waals surface area (Å²) in [5.41, 5.74) is 0. The van der Waals surface area contributed by atoms with Gasteiger partial charge in [-0.05, 0) is 43.4 Å². The zero-order chi connectivity index (χ0) is 57.4. The van der Waals surface area contributed by atoms with Crippen LogP contribution in [-0.4, -0.2) is 96.7 Å². The van der Waals surface area contributed by atoms with E-state index in [2.05, 4.69) is 48.5 Å². The molecule has 456 valence electrons. The first kappa shape index (κ1) is 75.1. The first-order valence-electron chi connectivity index (χ1n) is 30.5. The molecule has 0 saturated carbocycles. The molecule has 77 heavy (non-hydrogen) atoms. The van der Waals surface area contributed by atoms with Gasteiger partial charge in [0.25, 0.3) is 0 Å². The Balaban J connectivity index is 5.25. The average Bonchev–Trinajstić information content (AvgIpc) is 3.40. The number of hydrogen-bond acceptors (Lipinski definition) is 15. The molecule has 0 aliphatic carbocycles. The summed E-state index contributed by atoms with van der Waals surface area (Å²) in [6, 6.07) is 0. The van der Waals surface area contributed by atoms with Gasteiger partial charge < -0.3 is 33.8 Å². The molecule has 8 atom stereocenters. The molecular formula is C58H112O17P2. The average molecular weight is 1140 g/mol. The summed E-state index contributed by atoms with van der Waals surface area (Å²) in [6.07, 6.45) is 28.2. The number of phosphoric acid groups is 2. The number of esters is 4. The largest absolute Gasteiger partial charge is 0.472 e. The summed E-state index contributed by atoms with van der Waals surface area (Å²) >= 11 is 0. The fourth-order valence-electron chi connectivity index (χ4n) is 8.32. The van der Waals surface area contributed by atoms with Crippen molar-refractivity contribution in [2.75, 3.05) is 39.6 Å². The summed E-state index contributed by atoms with van der Waals surface area (Å²) in [5.74, 6) is 0.0170. The molecule has 0 aliphatic rings. The van der Waals surface area contributed by atoms with Crippen molar-refractivity contribution in [1.29, 1.82) is 0 Å². The minimum absolute atomic E-state index is 0.101. The number of carbonyl (C=O) groups is 4. The predicted molar refractivity (Wildman–Crippen MR) is 303 cm³/mol. The molecule has 0 saturated heterocycles. The molecule has 5 unspecified atom stereocenters. The van der Waals surface area contributed by atoms with Crippen LogP contribution < -0.4 is 0 Å². The van der Waals surface area contributed by atoms with Crippen molar-refractivity contribution in [2.45, 2.75) is 292 Å². The molecule has 0 bridgehead atoms. The molecule has 17 nitrogen and oxygen atoms in total. The summed E-state index contributed by atoms with van der Waals surface area (Å²) < 4.78 is 67.6. The van der Waals surface area contributed by atoms with E-state index in [9.17, 15) is 43.2 Å². The highest BCUT2D eigenvalue weighted by Gasteiger charge is 2.30. The maximum absolute atomic E-state index is 12.9. The fraction of sp³-hybridized carbons (Fsp3) is 0.931. The highest BCUT2D eigenvalue weighted by atomic mass is 31.2. The van der Waals surface area contributed by atoms with E-state index < -0.39 is 97.5 Å². The van der Waals surface area contributed by atoms with Gasteiger partial charge in [-0.2, -0.15) is 0 Å². The first-order valence-corrected chi connectivity index (χ1v) is 33.5. The predicted octanol–water partition coefficient (Wildman–Crippen LogP) is 15.2. The zero-order valence-electron chi connectivity index (χ0n) is 49.4. The van der Waals surface area contributed by atoms with E-state index in [1.54, 1.807) is 0 Å². The van der Waals surface area contributed by atoms with E-state index in [1.807, 2.05) is 0 Å². The Hall–Kier alpha value is -1.94. The van der Waals surface area contributed by atoms with E-state index >= 15 is 0 Å². The summed E-state index contributed by atoms with van der Waals surface area (Å²) in [7, 11) is -9.87. The summed E-state index contributed by atoms with van der Waals surface area (Å²) in [6.45, 7) is 11.6. The van der Waals surface area contributed by atoms with Gasteiger partial charge in [0.2, 0.25) is 0 Å². The minimum Gasteiger partial charge on any atom is -0.462 e. The van der Waals surface area contributed by atoms with Gasteiger partial charge in [0.05, 0.1) is 26.4 Å². The van der Waals surface area contributed by atoms with Crippen molar-refractivity contribution in [3.8, 4) is 0 Å². The third-order valence-electron chi connectivity index (χ3n) is 14.2. The number of unbranched alkanes of at least 4 members (excludes halogenated alkanes) is 21. The number of phosphoric ester groups is 2. The molecule has 0 aromatic rings. The quantitative estimate of drug-likeness (QED) is 0.0222. The molecular weight excluding hydrogens is 1030 g/mol. The Bertz CT molecular complexity index is 1550. The third-order valence-corrected chi connectivity index (χ3v) is 16.1. The van der Waals surface area contributed by atoms with Gasteiger partial charge in [0, 0.05) is 25.7 Å². The van der Waals surface area contributed by atoms with Gasteiger partial charge in [0.15, 0.2) is 12.2 Å². The lowest BCUT2D eigenvalue weighted by atomic mass is 10.00. The summed E-state index contributed by atoms with van der Waals surface area (Å²) in [4.78, 5) is 71.8. The number of rotatable bonds is 56. The van der Waals surface area contributed by atoms with Crippen LogP contribution in [0, 0.1) is 17.8 Å². The molecule has 0 rings (SSSR count).